The number of nitriles is 1. The van der Waals surface area contributed by atoms with Crippen LogP contribution in [0.1, 0.15) is 41.7 Å². The number of likely N-dealkylation sites (N-methyl/N-ethyl adjacent to an activating group) is 1. The first-order valence-corrected chi connectivity index (χ1v) is 12.0. The van der Waals surface area contributed by atoms with E-state index in [1.807, 2.05) is 31.0 Å². The lowest BCUT2D eigenvalue weighted by Gasteiger charge is -2.29. The van der Waals surface area contributed by atoms with E-state index in [9.17, 15) is 14.9 Å². The molecular formula is C27H36N6O2. The second-order valence-electron chi connectivity index (χ2n) is 9.34. The summed E-state index contributed by atoms with van der Waals surface area (Å²) in [6.07, 6.45) is 0. The molecule has 0 spiro atoms. The van der Waals surface area contributed by atoms with Gasteiger partial charge in [-0.1, -0.05) is 38.1 Å². The van der Waals surface area contributed by atoms with Crippen molar-refractivity contribution in [2.45, 2.75) is 46.8 Å². The van der Waals surface area contributed by atoms with Crippen molar-refractivity contribution in [1.29, 1.82) is 5.26 Å². The Labute approximate surface area is 208 Å². The highest BCUT2D eigenvalue weighted by Crippen LogP contribution is 2.26. The Hall–Kier alpha value is -3.25. The van der Waals surface area contributed by atoms with Crippen LogP contribution in [0.3, 0.4) is 0 Å². The molecule has 0 aliphatic carbocycles. The van der Waals surface area contributed by atoms with Crippen molar-refractivity contribution >= 4 is 17.5 Å². The van der Waals surface area contributed by atoms with E-state index < -0.39 is 0 Å². The molecular weight excluding hydrogens is 440 g/mol. The minimum absolute atomic E-state index is 0.0420. The molecule has 2 amide bonds. The zero-order valence-electron chi connectivity index (χ0n) is 21.4. The molecule has 186 valence electrons. The van der Waals surface area contributed by atoms with Crippen LogP contribution in [0.25, 0.3) is 0 Å². The van der Waals surface area contributed by atoms with Crippen LogP contribution in [0.15, 0.2) is 36.4 Å². The number of aryl methyl sites for hydroxylation is 2. The maximum atomic E-state index is 13.3. The van der Waals surface area contributed by atoms with Crippen LogP contribution in [0.5, 0.6) is 0 Å². The van der Waals surface area contributed by atoms with Crippen molar-refractivity contribution in [3.8, 4) is 6.07 Å². The Morgan fingerprint density at radius 1 is 1.06 bits per heavy atom. The lowest BCUT2D eigenvalue weighted by molar-refractivity contribution is -0.145. The molecule has 8 nitrogen and oxygen atoms in total. The fourth-order valence-corrected chi connectivity index (χ4v) is 4.44. The molecule has 8 heteroatoms. The van der Waals surface area contributed by atoms with E-state index in [1.54, 1.807) is 29.1 Å². The number of carbonyl (C=O) groups is 2. The second kappa shape index (κ2) is 11.9. The molecule has 0 unspecified atom stereocenters. The zero-order valence-corrected chi connectivity index (χ0v) is 21.4. The number of nitrogens with one attached hydrogen (secondary N) is 2. The Morgan fingerprint density at radius 2 is 1.63 bits per heavy atom. The Bertz CT molecular complexity index is 1060. The smallest absolute Gasteiger partial charge is 0.250 e. The van der Waals surface area contributed by atoms with Gasteiger partial charge in [0.05, 0.1) is 24.7 Å². The minimum Gasteiger partial charge on any atom is -0.313 e. The van der Waals surface area contributed by atoms with E-state index in [0.717, 1.165) is 16.8 Å². The van der Waals surface area contributed by atoms with Crippen molar-refractivity contribution in [3.63, 3.8) is 0 Å². The standard InChI is InChI=1S/C27H36N6O2/c1-19(2)30-10-11-33(27-20(3)12-22(14-28)13-21(27)4)26(35)16-29-15-25(34)31(5)32-17-23-8-6-7-9-24(23)18-32/h6-9,12-13,19,29-30H,10-11,15-18H2,1-5H3. The monoisotopic (exact) mass is 476 g/mol. The number of hydrazine groups is 1. The zero-order chi connectivity index (χ0) is 25.5. The third kappa shape index (κ3) is 6.67. The van der Waals surface area contributed by atoms with Gasteiger partial charge in [-0.2, -0.15) is 5.26 Å². The fraction of sp³-hybridized carbons (Fsp3) is 0.444. The van der Waals surface area contributed by atoms with Crippen LogP contribution in [0.2, 0.25) is 0 Å². The fourth-order valence-electron chi connectivity index (χ4n) is 4.44. The van der Waals surface area contributed by atoms with Crippen molar-refractivity contribution in [2.24, 2.45) is 0 Å². The first-order chi connectivity index (χ1) is 16.7. The average molecular weight is 477 g/mol. The molecule has 2 aromatic rings. The van der Waals surface area contributed by atoms with Crippen LogP contribution >= 0.6 is 0 Å². The lowest BCUT2D eigenvalue weighted by atomic mass is 10.0. The van der Waals surface area contributed by atoms with Gasteiger partial charge in [-0.05, 0) is 48.2 Å². The molecule has 0 fully saturated rings. The average Bonchev–Trinajstić information content (AvgIpc) is 3.25. The van der Waals surface area contributed by atoms with Crippen molar-refractivity contribution < 1.29 is 9.59 Å². The summed E-state index contributed by atoms with van der Waals surface area (Å²) < 4.78 is 0. The van der Waals surface area contributed by atoms with Crippen molar-refractivity contribution in [3.05, 3.63) is 64.2 Å². The van der Waals surface area contributed by atoms with Gasteiger partial charge in [0, 0.05) is 45.0 Å². The van der Waals surface area contributed by atoms with Gasteiger partial charge in [0.2, 0.25) is 5.91 Å². The first-order valence-electron chi connectivity index (χ1n) is 12.0. The number of benzene rings is 2. The van der Waals surface area contributed by atoms with E-state index in [1.165, 1.54) is 11.1 Å². The highest BCUT2D eigenvalue weighted by molar-refractivity contribution is 5.96. The molecule has 1 aliphatic rings. The lowest BCUT2D eigenvalue weighted by Crippen LogP contribution is -2.47. The summed E-state index contributed by atoms with van der Waals surface area (Å²) in [7, 11) is 1.77. The van der Waals surface area contributed by atoms with Crippen LogP contribution in [0.4, 0.5) is 5.69 Å². The van der Waals surface area contributed by atoms with Gasteiger partial charge >= 0.3 is 0 Å². The molecule has 0 atom stereocenters. The molecule has 0 saturated heterocycles. The molecule has 1 heterocycles. The summed E-state index contributed by atoms with van der Waals surface area (Å²) >= 11 is 0. The van der Waals surface area contributed by atoms with Crippen molar-refractivity contribution in [1.82, 2.24) is 20.7 Å². The van der Waals surface area contributed by atoms with E-state index in [-0.39, 0.29) is 24.9 Å². The van der Waals surface area contributed by atoms with E-state index >= 15 is 0 Å². The Balaban J connectivity index is 1.61. The SMILES string of the molecule is Cc1cc(C#N)cc(C)c1N(CCNC(C)C)C(=O)CNCC(=O)N(C)N1Cc2ccccc2C1. The normalized spacial score (nSPS) is 12.9. The molecule has 2 aromatic carbocycles. The molecule has 0 saturated carbocycles. The third-order valence-corrected chi connectivity index (χ3v) is 6.24. The number of carbonyl (C=O) groups excluding carboxylic acids is 2. The van der Waals surface area contributed by atoms with E-state index in [4.69, 9.17) is 0 Å². The number of hydrogen-bond acceptors (Lipinski definition) is 6. The summed E-state index contributed by atoms with van der Waals surface area (Å²) in [5.41, 5.74) is 5.61. The van der Waals surface area contributed by atoms with E-state index in [0.29, 0.717) is 37.8 Å². The minimum atomic E-state index is -0.115. The molecule has 1 aliphatic heterocycles. The summed E-state index contributed by atoms with van der Waals surface area (Å²) in [6, 6.07) is 14.3. The predicted octanol–water partition coefficient (Wildman–Crippen LogP) is 2.48. The third-order valence-electron chi connectivity index (χ3n) is 6.24. The molecule has 35 heavy (non-hydrogen) atoms. The molecule has 2 N–H and O–H groups in total. The number of fused-ring (bicyclic) bond motifs is 1. The van der Waals surface area contributed by atoms with Gasteiger partial charge < -0.3 is 10.2 Å². The Kier molecular flexibility index (Phi) is 8.99. The summed E-state index contributed by atoms with van der Waals surface area (Å²) in [5, 5.41) is 19.3. The summed E-state index contributed by atoms with van der Waals surface area (Å²) in [4.78, 5) is 27.8. The Morgan fingerprint density at radius 3 is 2.17 bits per heavy atom. The summed E-state index contributed by atoms with van der Waals surface area (Å²) in [6.45, 7) is 10.6. The van der Waals surface area contributed by atoms with Crippen LogP contribution in [-0.2, 0) is 22.7 Å². The van der Waals surface area contributed by atoms with Crippen LogP contribution in [0, 0.1) is 25.2 Å². The quantitative estimate of drug-likeness (QED) is 0.548. The molecule has 0 aromatic heterocycles. The highest BCUT2D eigenvalue weighted by atomic mass is 16.2. The molecule has 0 bridgehead atoms. The second-order valence-corrected chi connectivity index (χ2v) is 9.34. The number of nitrogens with zero attached hydrogens (tertiary/aromatic N) is 4. The van der Waals surface area contributed by atoms with E-state index in [2.05, 4.69) is 42.7 Å². The van der Waals surface area contributed by atoms with Crippen LogP contribution < -0.4 is 15.5 Å². The highest BCUT2D eigenvalue weighted by Gasteiger charge is 2.25. The largest absolute Gasteiger partial charge is 0.313 e. The molecule has 0 radical (unpaired) electrons. The van der Waals surface area contributed by atoms with Gasteiger partial charge in [0.1, 0.15) is 0 Å². The number of amides is 2. The van der Waals surface area contributed by atoms with Gasteiger partial charge in [0.25, 0.3) is 5.91 Å². The van der Waals surface area contributed by atoms with Gasteiger partial charge in [-0.15, -0.1) is 0 Å². The van der Waals surface area contributed by atoms with Gasteiger partial charge in [-0.3, -0.25) is 19.9 Å². The number of rotatable bonds is 10. The molecule has 3 rings (SSSR count). The van der Waals surface area contributed by atoms with Gasteiger partial charge in [-0.25, -0.2) is 5.01 Å². The van der Waals surface area contributed by atoms with Gasteiger partial charge in [0.15, 0.2) is 0 Å². The topological polar surface area (TPSA) is 91.7 Å². The predicted molar refractivity (Wildman–Crippen MR) is 137 cm³/mol. The van der Waals surface area contributed by atoms with Crippen molar-refractivity contribution in [2.75, 3.05) is 38.1 Å². The van der Waals surface area contributed by atoms with Crippen LogP contribution in [-0.4, -0.2) is 61.1 Å². The maximum absolute atomic E-state index is 13.3. The summed E-state index contributed by atoms with van der Waals surface area (Å²) in [5.74, 6) is -0.208. The maximum Gasteiger partial charge on any atom is 0.250 e. The first kappa shape index (κ1) is 26.4. The number of hydrogen-bond donors (Lipinski definition) is 2. The number of anilines is 1.